The molecule has 51 heavy (non-hydrogen) atoms. The summed E-state index contributed by atoms with van der Waals surface area (Å²) in [6, 6.07) is 21.5. The molecule has 1 aromatic heterocycles. The normalized spacial score (nSPS) is 20.2. The molecule has 5 amide bonds. The number of amides is 5. The number of aromatic amines is 1. The van der Waals surface area contributed by atoms with Gasteiger partial charge < -0.3 is 31.2 Å². The SMILES string of the molecule is CC(C)[C@H]1NC(=O)[C@@H](C)NC(=O)[C@H](Cc2ccccc2)NC(=O)CCCN(C(=O)c2[nH]c3ccc(Cl)cc3c2-c2ccccc2)CCCNC1=O. The molecule has 0 spiro atoms. The van der Waals surface area contributed by atoms with Crippen LogP contribution in [-0.4, -0.2) is 77.2 Å². The van der Waals surface area contributed by atoms with Crippen LogP contribution < -0.4 is 21.3 Å². The minimum Gasteiger partial charge on any atom is -0.354 e. The Labute approximate surface area is 302 Å². The number of nitrogens with one attached hydrogen (secondary N) is 5. The molecular formula is C39H45ClN6O5. The van der Waals surface area contributed by atoms with Gasteiger partial charge in [0.05, 0.1) is 0 Å². The molecule has 0 aliphatic carbocycles. The molecule has 1 saturated heterocycles. The lowest BCUT2D eigenvalue weighted by Crippen LogP contribution is -2.57. The minimum absolute atomic E-state index is 0.0546. The topological polar surface area (TPSA) is 152 Å². The molecule has 0 unspecified atom stereocenters. The molecule has 2 heterocycles. The summed E-state index contributed by atoms with van der Waals surface area (Å²) in [6.45, 7) is 5.98. The molecule has 4 aromatic rings. The maximum Gasteiger partial charge on any atom is 0.270 e. The third kappa shape index (κ3) is 9.55. The average molecular weight is 713 g/mol. The Morgan fingerprint density at radius 2 is 1.53 bits per heavy atom. The number of nitrogens with zero attached hydrogens (tertiary/aromatic N) is 1. The van der Waals surface area contributed by atoms with Crippen molar-refractivity contribution in [2.24, 2.45) is 5.92 Å². The second-order valence-corrected chi connectivity index (χ2v) is 13.7. The van der Waals surface area contributed by atoms with Gasteiger partial charge in [0, 0.05) is 54.0 Å². The molecule has 1 fully saturated rings. The third-order valence-electron chi connectivity index (χ3n) is 8.99. The van der Waals surface area contributed by atoms with Gasteiger partial charge in [-0.1, -0.05) is 86.1 Å². The van der Waals surface area contributed by atoms with E-state index in [1.54, 1.807) is 17.9 Å². The first-order chi connectivity index (χ1) is 24.5. The van der Waals surface area contributed by atoms with Gasteiger partial charge in [-0.2, -0.15) is 0 Å². The van der Waals surface area contributed by atoms with E-state index < -0.39 is 29.9 Å². The van der Waals surface area contributed by atoms with Crippen molar-refractivity contribution < 1.29 is 24.0 Å². The molecule has 3 aromatic carbocycles. The molecule has 3 atom stereocenters. The van der Waals surface area contributed by atoms with E-state index in [0.29, 0.717) is 30.1 Å². The van der Waals surface area contributed by atoms with Gasteiger partial charge in [0.15, 0.2) is 0 Å². The smallest absolute Gasteiger partial charge is 0.270 e. The van der Waals surface area contributed by atoms with Gasteiger partial charge in [-0.15, -0.1) is 0 Å². The predicted molar refractivity (Wildman–Crippen MR) is 198 cm³/mol. The highest BCUT2D eigenvalue weighted by atomic mass is 35.5. The number of carbonyl (C=O) groups is 5. The molecule has 5 rings (SSSR count). The van der Waals surface area contributed by atoms with Crippen molar-refractivity contribution in [3.05, 3.63) is 95.1 Å². The van der Waals surface area contributed by atoms with Gasteiger partial charge in [0.25, 0.3) is 5.91 Å². The Balaban J connectivity index is 1.43. The van der Waals surface area contributed by atoms with Crippen LogP contribution in [0.25, 0.3) is 22.0 Å². The Bertz CT molecular complexity index is 1860. The van der Waals surface area contributed by atoms with Gasteiger partial charge >= 0.3 is 0 Å². The molecule has 5 N–H and O–H groups in total. The highest BCUT2D eigenvalue weighted by Crippen LogP contribution is 2.34. The summed E-state index contributed by atoms with van der Waals surface area (Å²) in [6.07, 6.45) is 1.02. The molecule has 0 saturated carbocycles. The number of hydrogen-bond donors (Lipinski definition) is 5. The van der Waals surface area contributed by atoms with E-state index in [1.165, 1.54) is 0 Å². The van der Waals surface area contributed by atoms with Crippen LogP contribution in [0.1, 0.15) is 56.1 Å². The van der Waals surface area contributed by atoms with Crippen molar-refractivity contribution in [2.45, 2.75) is 64.6 Å². The fourth-order valence-electron chi connectivity index (χ4n) is 6.24. The second-order valence-electron chi connectivity index (χ2n) is 13.2. The number of fused-ring (bicyclic) bond motifs is 1. The van der Waals surface area contributed by atoms with Gasteiger partial charge in [0.2, 0.25) is 23.6 Å². The Morgan fingerprint density at radius 3 is 2.24 bits per heavy atom. The van der Waals surface area contributed by atoms with E-state index >= 15 is 0 Å². The molecule has 12 heteroatoms. The van der Waals surface area contributed by atoms with Crippen LogP contribution in [-0.2, 0) is 25.6 Å². The molecular weight excluding hydrogens is 668 g/mol. The lowest BCUT2D eigenvalue weighted by atomic mass is 10.0. The number of benzene rings is 3. The van der Waals surface area contributed by atoms with Gasteiger partial charge in [0.1, 0.15) is 23.8 Å². The van der Waals surface area contributed by atoms with Gasteiger partial charge in [-0.25, -0.2) is 0 Å². The van der Waals surface area contributed by atoms with Crippen LogP contribution in [0.2, 0.25) is 5.02 Å². The summed E-state index contributed by atoms with van der Waals surface area (Å²) in [5, 5.41) is 12.6. The minimum atomic E-state index is -0.957. The van der Waals surface area contributed by atoms with Crippen molar-refractivity contribution in [3.63, 3.8) is 0 Å². The maximum atomic E-state index is 14.4. The Hall–Kier alpha value is -5.16. The summed E-state index contributed by atoms with van der Waals surface area (Å²) >= 11 is 6.39. The van der Waals surface area contributed by atoms with Crippen LogP contribution >= 0.6 is 11.6 Å². The third-order valence-corrected chi connectivity index (χ3v) is 9.23. The van der Waals surface area contributed by atoms with Gasteiger partial charge in [-0.3, -0.25) is 24.0 Å². The maximum absolute atomic E-state index is 14.4. The van der Waals surface area contributed by atoms with Crippen molar-refractivity contribution in [3.8, 4) is 11.1 Å². The van der Waals surface area contributed by atoms with E-state index in [9.17, 15) is 24.0 Å². The van der Waals surface area contributed by atoms with E-state index in [0.717, 1.165) is 27.6 Å². The summed E-state index contributed by atoms with van der Waals surface area (Å²) in [4.78, 5) is 72.6. The highest BCUT2D eigenvalue weighted by Gasteiger charge is 2.30. The first-order valence-corrected chi connectivity index (χ1v) is 17.8. The molecule has 1 aliphatic rings. The first-order valence-electron chi connectivity index (χ1n) is 17.4. The van der Waals surface area contributed by atoms with Crippen LogP contribution in [0.4, 0.5) is 0 Å². The fraction of sp³-hybridized carbons (Fsp3) is 0.359. The number of rotatable bonds is 5. The highest BCUT2D eigenvalue weighted by molar-refractivity contribution is 6.31. The summed E-state index contributed by atoms with van der Waals surface area (Å²) in [5.41, 5.74) is 3.56. The lowest BCUT2D eigenvalue weighted by molar-refractivity contribution is -0.134. The zero-order valence-electron chi connectivity index (χ0n) is 29.1. The number of halogens is 1. The van der Waals surface area contributed by atoms with Crippen molar-refractivity contribution in [2.75, 3.05) is 19.6 Å². The van der Waals surface area contributed by atoms with E-state index in [1.807, 2.05) is 86.6 Å². The zero-order valence-corrected chi connectivity index (χ0v) is 29.9. The van der Waals surface area contributed by atoms with Crippen molar-refractivity contribution in [1.29, 1.82) is 0 Å². The molecule has 11 nitrogen and oxygen atoms in total. The molecule has 0 radical (unpaired) electrons. The number of carbonyl (C=O) groups excluding carboxylic acids is 5. The quantitative estimate of drug-likeness (QED) is 0.205. The molecule has 1 aliphatic heterocycles. The van der Waals surface area contributed by atoms with Crippen LogP contribution in [0.3, 0.4) is 0 Å². The largest absolute Gasteiger partial charge is 0.354 e. The first kappa shape index (κ1) is 37.1. The number of aromatic nitrogens is 1. The monoisotopic (exact) mass is 712 g/mol. The second kappa shape index (κ2) is 17.2. The molecule has 0 bridgehead atoms. The van der Waals surface area contributed by atoms with E-state index in [-0.39, 0.29) is 49.6 Å². The zero-order chi connectivity index (χ0) is 36.5. The summed E-state index contributed by atoms with van der Waals surface area (Å²) < 4.78 is 0. The standard InChI is InChI=1S/C39H45ClN6O5/c1-24(2)34-38(50)41-19-11-21-46(39(51)35-33(27-14-8-5-9-15-27)29-23-28(40)17-18-30(29)44-35)20-10-16-32(47)43-31(22-26-12-6-4-7-13-26)37(49)42-25(3)36(48)45-34/h4-9,12-15,17-18,23-25,31,34,44H,10-11,16,19-22H2,1-3H3,(H,41,50)(H,42,49)(H,43,47)(H,45,48)/t25-,31+,34-/m1/s1. The summed E-state index contributed by atoms with van der Waals surface area (Å²) in [7, 11) is 0. The van der Waals surface area contributed by atoms with Gasteiger partial charge in [-0.05, 0) is 55.0 Å². The number of hydrogen-bond acceptors (Lipinski definition) is 5. The van der Waals surface area contributed by atoms with Crippen molar-refractivity contribution >= 4 is 52.0 Å². The van der Waals surface area contributed by atoms with E-state index in [4.69, 9.17) is 11.6 Å². The summed E-state index contributed by atoms with van der Waals surface area (Å²) in [5.74, 6) is -2.25. The van der Waals surface area contributed by atoms with E-state index in [2.05, 4.69) is 26.3 Å². The van der Waals surface area contributed by atoms with Crippen molar-refractivity contribution in [1.82, 2.24) is 31.2 Å². The lowest BCUT2D eigenvalue weighted by Gasteiger charge is -2.26. The number of H-pyrrole nitrogens is 1. The molecule has 268 valence electrons. The predicted octanol–water partition coefficient (Wildman–Crippen LogP) is 4.60. The van der Waals surface area contributed by atoms with Crippen LogP contribution in [0, 0.1) is 5.92 Å². The average Bonchev–Trinajstić information content (AvgIpc) is 3.49. The Morgan fingerprint density at radius 1 is 0.843 bits per heavy atom. The van der Waals surface area contributed by atoms with Crippen LogP contribution in [0.5, 0.6) is 0 Å². The van der Waals surface area contributed by atoms with Crippen LogP contribution in [0.15, 0.2) is 78.9 Å². The fourth-order valence-corrected chi connectivity index (χ4v) is 6.41. The Kier molecular flexibility index (Phi) is 12.5.